The third-order valence-electron chi connectivity index (χ3n) is 2.63. The van der Waals surface area contributed by atoms with E-state index >= 15 is 0 Å². The van der Waals surface area contributed by atoms with Gasteiger partial charge in [0.2, 0.25) is 0 Å². The summed E-state index contributed by atoms with van der Waals surface area (Å²) >= 11 is 3.96. The van der Waals surface area contributed by atoms with E-state index in [1.807, 2.05) is 0 Å². The van der Waals surface area contributed by atoms with Crippen LogP contribution in [0.2, 0.25) is 0 Å². The molecule has 0 spiro atoms. The van der Waals surface area contributed by atoms with E-state index in [1.54, 1.807) is 23.6 Å². The molecule has 0 saturated carbocycles. The van der Waals surface area contributed by atoms with Gasteiger partial charge in [-0.05, 0) is 58.6 Å². The highest BCUT2D eigenvalue weighted by Gasteiger charge is 2.18. The first-order valence-corrected chi connectivity index (χ1v) is 7.75. The van der Waals surface area contributed by atoms with Crippen LogP contribution in [0, 0.1) is 8.70 Å². The molecule has 1 N–H and O–H groups in total. The van der Waals surface area contributed by atoms with Crippen LogP contribution >= 0.6 is 33.9 Å². The summed E-state index contributed by atoms with van der Waals surface area (Å²) in [6.45, 7) is 2.96. The molecule has 2 nitrogen and oxygen atoms in total. The zero-order valence-electron chi connectivity index (χ0n) is 9.99. The van der Waals surface area contributed by atoms with Crippen LogP contribution in [0.15, 0.2) is 29.9 Å². The van der Waals surface area contributed by atoms with E-state index in [0.717, 1.165) is 18.5 Å². The lowest BCUT2D eigenvalue weighted by Crippen LogP contribution is -2.23. The third kappa shape index (κ3) is 3.27. The van der Waals surface area contributed by atoms with Crippen LogP contribution in [-0.4, -0.2) is 11.5 Å². The summed E-state index contributed by atoms with van der Waals surface area (Å²) in [7, 11) is 0. The molecule has 1 atom stereocenters. The van der Waals surface area contributed by atoms with E-state index in [0.29, 0.717) is 5.56 Å². The number of rotatable bonds is 5. The van der Waals surface area contributed by atoms with Gasteiger partial charge in [-0.2, -0.15) is 0 Å². The van der Waals surface area contributed by atoms with Crippen LogP contribution in [0.25, 0.3) is 0 Å². The number of pyridine rings is 1. The molecule has 1 unspecified atom stereocenters. The van der Waals surface area contributed by atoms with Gasteiger partial charge in [0, 0.05) is 11.8 Å². The van der Waals surface area contributed by atoms with Crippen molar-refractivity contribution in [3.8, 4) is 0 Å². The molecule has 0 aromatic carbocycles. The van der Waals surface area contributed by atoms with Crippen LogP contribution in [0.5, 0.6) is 0 Å². The smallest absolute Gasteiger partial charge is 0.146 e. The highest BCUT2D eigenvalue weighted by Crippen LogP contribution is 2.28. The quantitative estimate of drug-likeness (QED) is 0.799. The van der Waals surface area contributed by atoms with Crippen LogP contribution in [0.4, 0.5) is 4.39 Å². The van der Waals surface area contributed by atoms with Gasteiger partial charge in [-0.25, -0.2) is 4.39 Å². The maximum absolute atomic E-state index is 13.9. The zero-order valence-corrected chi connectivity index (χ0v) is 13.0. The minimum Gasteiger partial charge on any atom is -0.306 e. The highest BCUT2D eigenvalue weighted by molar-refractivity contribution is 14.1. The summed E-state index contributed by atoms with van der Waals surface area (Å²) in [5, 5.41) is 5.47. The van der Waals surface area contributed by atoms with E-state index in [9.17, 15) is 4.39 Å². The Morgan fingerprint density at radius 3 is 3.00 bits per heavy atom. The third-order valence-corrected chi connectivity index (χ3v) is 4.44. The van der Waals surface area contributed by atoms with Crippen molar-refractivity contribution in [1.29, 1.82) is 0 Å². The molecule has 2 aromatic rings. The molecular formula is C13H14FIN2S. The van der Waals surface area contributed by atoms with E-state index in [-0.39, 0.29) is 11.9 Å². The van der Waals surface area contributed by atoms with Crippen LogP contribution in [-0.2, 0) is 0 Å². The second kappa shape index (κ2) is 6.58. The Bertz CT molecular complexity index is 515. The number of thiophene rings is 1. The van der Waals surface area contributed by atoms with E-state index in [4.69, 9.17) is 0 Å². The average Bonchev–Trinajstić information content (AvgIpc) is 2.78. The van der Waals surface area contributed by atoms with Crippen molar-refractivity contribution >= 4 is 33.9 Å². The summed E-state index contributed by atoms with van der Waals surface area (Å²) in [4.78, 5) is 3.80. The number of hydrogen-bond acceptors (Lipinski definition) is 3. The van der Waals surface area contributed by atoms with Crippen molar-refractivity contribution in [1.82, 2.24) is 10.3 Å². The monoisotopic (exact) mass is 376 g/mol. The van der Waals surface area contributed by atoms with E-state index in [1.165, 1.54) is 9.08 Å². The van der Waals surface area contributed by atoms with Gasteiger partial charge in [-0.3, -0.25) is 4.98 Å². The number of hydrogen-bond donors (Lipinski definition) is 1. The second-order valence-corrected chi connectivity index (χ2v) is 6.77. The Labute approximate surface area is 124 Å². The van der Waals surface area contributed by atoms with Crippen molar-refractivity contribution < 1.29 is 4.39 Å². The molecule has 96 valence electrons. The highest BCUT2D eigenvalue weighted by atomic mass is 127. The van der Waals surface area contributed by atoms with Gasteiger partial charge in [-0.1, -0.05) is 6.92 Å². The SMILES string of the molecule is CCCNC(c1csc(I)c1)c1ccncc1F. The Kier molecular flexibility index (Phi) is 5.08. The van der Waals surface area contributed by atoms with Crippen molar-refractivity contribution in [2.45, 2.75) is 19.4 Å². The summed E-state index contributed by atoms with van der Waals surface area (Å²) in [6, 6.07) is 3.75. The molecule has 0 radical (unpaired) electrons. The van der Waals surface area contributed by atoms with Crippen LogP contribution in [0.3, 0.4) is 0 Å². The Hall–Kier alpha value is -0.530. The Balaban J connectivity index is 2.33. The second-order valence-electron chi connectivity index (χ2n) is 3.97. The van der Waals surface area contributed by atoms with E-state index in [2.05, 4.69) is 51.3 Å². The molecular weight excluding hydrogens is 362 g/mol. The van der Waals surface area contributed by atoms with Gasteiger partial charge in [0.15, 0.2) is 0 Å². The van der Waals surface area contributed by atoms with Gasteiger partial charge in [0.1, 0.15) is 5.82 Å². The molecule has 0 aliphatic rings. The van der Waals surface area contributed by atoms with Crippen molar-refractivity contribution in [3.05, 3.63) is 49.7 Å². The number of halogens is 2. The lowest BCUT2D eigenvalue weighted by Gasteiger charge is -2.18. The molecule has 5 heteroatoms. The molecule has 2 rings (SSSR count). The Morgan fingerprint density at radius 2 is 2.39 bits per heavy atom. The zero-order chi connectivity index (χ0) is 13.0. The fraction of sp³-hybridized carbons (Fsp3) is 0.308. The maximum Gasteiger partial charge on any atom is 0.146 e. The molecule has 0 fully saturated rings. The molecule has 0 bridgehead atoms. The van der Waals surface area contributed by atoms with E-state index < -0.39 is 0 Å². The lowest BCUT2D eigenvalue weighted by molar-refractivity contribution is 0.544. The summed E-state index contributed by atoms with van der Waals surface area (Å²) in [5.41, 5.74) is 1.77. The topological polar surface area (TPSA) is 24.9 Å². The largest absolute Gasteiger partial charge is 0.306 e. The minimum absolute atomic E-state index is 0.0901. The van der Waals surface area contributed by atoms with Gasteiger partial charge in [0.05, 0.1) is 15.1 Å². The number of aromatic nitrogens is 1. The number of nitrogens with zero attached hydrogens (tertiary/aromatic N) is 1. The fourth-order valence-corrected chi connectivity index (χ4v) is 3.19. The van der Waals surface area contributed by atoms with Crippen molar-refractivity contribution in [2.24, 2.45) is 0 Å². The summed E-state index contributed by atoms with van der Waals surface area (Å²) < 4.78 is 15.1. The van der Waals surface area contributed by atoms with Crippen molar-refractivity contribution in [2.75, 3.05) is 6.54 Å². The molecule has 0 aliphatic carbocycles. The fourth-order valence-electron chi connectivity index (χ4n) is 1.79. The first-order valence-electron chi connectivity index (χ1n) is 5.79. The Morgan fingerprint density at radius 1 is 1.56 bits per heavy atom. The number of nitrogens with one attached hydrogen (secondary N) is 1. The van der Waals surface area contributed by atoms with Crippen molar-refractivity contribution in [3.63, 3.8) is 0 Å². The van der Waals surface area contributed by atoms with Gasteiger partial charge in [-0.15, -0.1) is 11.3 Å². The molecule has 0 saturated heterocycles. The lowest BCUT2D eigenvalue weighted by atomic mass is 10.0. The van der Waals surface area contributed by atoms with Gasteiger partial charge < -0.3 is 5.32 Å². The first-order chi connectivity index (χ1) is 8.72. The van der Waals surface area contributed by atoms with Gasteiger partial charge >= 0.3 is 0 Å². The van der Waals surface area contributed by atoms with Crippen LogP contribution < -0.4 is 5.32 Å². The molecule has 18 heavy (non-hydrogen) atoms. The molecule has 2 heterocycles. The normalized spacial score (nSPS) is 12.6. The first kappa shape index (κ1) is 13.9. The minimum atomic E-state index is -0.257. The average molecular weight is 376 g/mol. The molecule has 0 aliphatic heterocycles. The predicted molar refractivity (Wildman–Crippen MR) is 81.4 cm³/mol. The predicted octanol–water partition coefficient (Wildman–Crippen LogP) is 3.98. The summed E-state index contributed by atoms with van der Waals surface area (Å²) in [5.74, 6) is -0.257. The molecule has 0 amide bonds. The van der Waals surface area contributed by atoms with Crippen LogP contribution in [0.1, 0.15) is 30.5 Å². The van der Waals surface area contributed by atoms with Gasteiger partial charge in [0.25, 0.3) is 0 Å². The summed E-state index contributed by atoms with van der Waals surface area (Å²) in [6.07, 6.45) is 3.92. The standard InChI is InChI=1S/C13H14FIN2S/c1-2-4-17-13(9-6-12(15)18-8-9)10-3-5-16-7-11(10)14/h3,5-8,13,17H,2,4H2,1H3. The molecule has 2 aromatic heterocycles. The maximum atomic E-state index is 13.9.